The van der Waals surface area contributed by atoms with Crippen LogP contribution in [0.2, 0.25) is 0 Å². The molecule has 0 aliphatic rings. The van der Waals surface area contributed by atoms with Crippen molar-refractivity contribution < 1.29 is 57.1 Å². The minimum Gasteiger partial charge on any atom is -0.507 e. The SMILES string of the molecule is C.CC(C)(C)c1cc(Cc2cc(C(C)(C)C)c(O)c(C(C)(C)C)c2)cc(C(C)(C)C)c1O.CCCO.CCCOCCC.COc1c(C(C)(C)C)cc(Cc2cc(C(C)(C)C)c(O)c(C(C)(C)C)c2)cc1C(C)(C)C.O.[Ti]. The molecule has 4 aromatic rings. The standard InChI is InChI=1S/C30H46O2.C29H44O2.C6H14O.C3H8O.CH4.H2O.Ti/c1-27(2,3)21-15-19(16-22(25(21)31)28(4,5)6)14-20-17-23(29(7,8)9)26(32-13)24(18-20)30(10,11)12;1-26(2,3)20-14-18(15-21(24(20)30)27(4,5)6)13-19-16-22(28(7,8)9)25(31)23(17-19)29(10,11)12;1-3-5-7-6-4-2;1-2-3-4;;;/h15-18,31H,14H2,1-13H3;14-17,30-31H,13H2,1-12H3;3-6H2,1-2H3;4H,2-3H2,1H3;1H4;1H2;. The summed E-state index contributed by atoms with van der Waals surface area (Å²) < 4.78 is 11.1. The summed E-state index contributed by atoms with van der Waals surface area (Å²) in [5, 5.41) is 41.1. The first-order chi connectivity index (χ1) is 33.3. The number of aliphatic hydroxyl groups excluding tert-OH is 1. The summed E-state index contributed by atoms with van der Waals surface area (Å²) in [5.74, 6) is 2.28. The number of hydrogen-bond donors (Lipinski definition) is 4. The molecule has 7 nitrogen and oxygen atoms in total. The molecule has 4 aromatic carbocycles. The topological polar surface area (TPSA) is 131 Å². The van der Waals surface area contributed by atoms with Crippen molar-refractivity contribution in [1.82, 2.24) is 0 Å². The molecule has 8 heteroatoms. The number of benzene rings is 4. The summed E-state index contributed by atoms with van der Waals surface area (Å²) in [5.41, 5.74) is 12.5. The second kappa shape index (κ2) is 30.5. The first-order valence-electron chi connectivity index (χ1n) is 27.8. The van der Waals surface area contributed by atoms with Gasteiger partial charge in [0.25, 0.3) is 0 Å². The van der Waals surface area contributed by atoms with E-state index in [1.165, 1.54) is 33.4 Å². The van der Waals surface area contributed by atoms with Crippen molar-refractivity contribution >= 4 is 0 Å². The Balaban J connectivity index is -0.00000115. The molecule has 0 aliphatic heterocycles. The molecule has 4 rings (SSSR count). The van der Waals surface area contributed by atoms with Gasteiger partial charge in [0, 0.05) is 52.7 Å². The quantitative estimate of drug-likeness (QED) is 0.0924. The molecule has 0 aliphatic carbocycles. The molecule has 6 N–H and O–H groups in total. The molecule has 0 unspecified atom stereocenters. The van der Waals surface area contributed by atoms with Gasteiger partial charge in [0.1, 0.15) is 23.0 Å². The predicted molar refractivity (Wildman–Crippen MR) is 332 cm³/mol. The van der Waals surface area contributed by atoms with Crippen molar-refractivity contribution in [2.75, 3.05) is 26.9 Å². The molecular formula is C69H118O7Ti. The van der Waals surface area contributed by atoms with Crippen LogP contribution in [0.15, 0.2) is 48.5 Å². The first-order valence-corrected chi connectivity index (χ1v) is 27.8. The van der Waals surface area contributed by atoms with Crippen molar-refractivity contribution in [3.8, 4) is 23.0 Å². The van der Waals surface area contributed by atoms with Crippen molar-refractivity contribution in [3.63, 3.8) is 0 Å². The van der Waals surface area contributed by atoms with Crippen LogP contribution in [-0.4, -0.2) is 52.8 Å². The average molecular weight is 1110 g/mol. The van der Waals surface area contributed by atoms with Crippen molar-refractivity contribution in [3.05, 3.63) is 115 Å². The van der Waals surface area contributed by atoms with Crippen LogP contribution in [0.3, 0.4) is 0 Å². The van der Waals surface area contributed by atoms with Gasteiger partial charge < -0.3 is 35.4 Å². The van der Waals surface area contributed by atoms with Gasteiger partial charge in [-0.3, -0.25) is 0 Å². The van der Waals surface area contributed by atoms with Gasteiger partial charge in [-0.1, -0.05) is 243 Å². The predicted octanol–water partition coefficient (Wildman–Crippen LogP) is 18.1. The van der Waals surface area contributed by atoms with E-state index in [4.69, 9.17) is 14.6 Å². The minimum atomic E-state index is -0.151. The van der Waals surface area contributed by atoms with Gasteiger partial charge in [-0.15, -0.1) is 0 Å². The number of aliphatic hydroxyl groups is 1. The van der Waals surface area contributed by atoms with Crippen LogP contribution in [-0.2, 0) is 82.6 Å². The molecule has 0 aromatic heterocycles. The summed E-state index contributed by atoms with van der Waals surface area (Å²) in [6, 6.07) is 17.7. The van der Waals surface area contributed by atoms with Gasteiger partial charge in [-0.25, -0.2) is 0 Å². The Labute approximate surface area is 489 Å². The summed E-state index contributed by atoms with van der Waals surface area (Å²) in [6.45, 7) is 60.6. The Bertz CT molecular complexity index is 2160. The molecule has 0 bridgehead atoms. The van der Waals surface area contributed by atoms with E-state index < -0.39 is 0 Å². The first kappa shape index (κ1) is 77.9. The van der Waals surface area contributed by atoms with Crippen molar-refractivity contribution in [2.45, 2.75) is 270 Å². The van der Waals surface area contributed by atoms with Crippen LogP contribution in [0.1, 0.15) is 280 Å². The second-order valence-electron chi connectivity index (χ2n) is 29.0. The van der Waals surface area contributed by atoms with Crippen LogP contribution >= 0.6 is 0 Å². The van der Waals surface area contributed by atoms with Gasteiger partial charge in [0.2, 0.25) is 0 Å². The smallest absolute Gasteiger partial charge is 0.126 e. The Morgan fingerprint density at radius 2 is 0.519 bits per heavy atom. The molecule has 0 saturated heterocycles. The van der Waals surface area contributed by atoms with Crippen LogP contribution in [0.4, 0.5) is 0 Å². The molecule has 0 heterocycles. The fourth-order valence-corrected chi connectivity index (χ4v) is 8.81. The van der Waals surface area contributed by atoms with Gasteiger partial charge in [-0.2, -0.15) is 0 Å². The van der Waals surface area contributed by atoms with Gasteiger partial charge in [0.05, 0.1) is 7.11 Å². The third kappa shape index (κ3) is 23.7. The third-order valence-corrected chi connectivity index (χ3v) is 13.1. The van der Waals surface area contributed by atoms with E-state index in [9.17, 15) is 15.3 Å². The Morgan fingerprint density at radius 1 is 0.351 bits per heavy atom. The molecule has 0 amide bonds. The summed E-state index contributed by atoms with van der Waals surface area (Å²) in [4.78, 5) is 0. The zero-order valence-electron chi connectivity index (χ0n) is 53.9. The van der Waals surface area contributed by atoms with Crippen LogP contribution in [0.5, 0.6) is 23.0 Å². The normalized spacial score (nSPS) is 12.3. The van der Waals surface area contributed by atoms with E-state index in [-0.39, 0.29) is 77.9 Å². The maximum absolute atomic E-state index is 11.1. The fraction of sp³-hybridized carbons (Fsp3) is 0.652. The van der Waals surface area contributed by atoms with E-state index in [2.05, 4.69) is 229 Å². The number of phenolic OH excluding ortho intramolecular Hbond substituents is 3. The zero-order valence-corrected chi connectivity index (χ0v) is 55.4. The van der Waals surface area contributed by atoms with Crippen LogP contribution in [0, 0.1) is 0 Å². The van der Waals surface area contributed by atoms with Crippen molar-refractivity contribution in [2.24, 2.45) is 0 Å². The molecule has 440 valence electrons. The summed E-state index contributed by atoms with van der Waals surface area (Å²) in [7, 11) is 1.78. The van der Waals surface area contributed by atoms with Gasteiger partial charge in [-0.05, 0) is 131 Å². The van der Waals surface area contributed by atoms with Crippen LogP contribution in [0.25, 0.3) is 0 Å². The summed E-state index contributed by atoms with van der Waals surface area (Å²) >= 11 is 0. The number of methoxy groups -OCH3 is 1. The molecule has 0 fully saturated rings. The van der Waals surface area contributed by atoms with E-state index >= 15 is 0 Å². The molecule has 0 radical (unpaired) electrons. The molecule has 0 saturated carbocycles. The number of rotatable bonds is 10. The third-order valence-electron chi connectivity index (χ3n) is 13.1. The number of phenols is 3. The van der Waals surface area contributed by atoms with E-state index in [0.29, 0.717) is 23.9 Å². The second-order valence-corrected chi connectivity index (χ2v) is 29.0. The zero-order chi connectivity index (χ0) is 58.0. The number of ether oxygens (including phenoxy) is 2. The van der Waals surface area contributed by atoms with E-state index in [0.717, 1.165) is 84.4 Å². The van der Waals surface area contributed by atoms with Gasteiger partial charge >= 0.3 is 0 Å². The summed E-state index contributed by atoms with van der Waals surface area (Å²) in [6.07, 6.45) is 4.74. The average Bonchev–Trinajstić information content (AvgIpc) is 3.22. The minimum absolute atomic E-state index is 0. The number of hydrogen-bond acceptors (Lipinski definition) is 6. The largest absolute Gasteiger partial charge is 0.507 e. The Hall–Kier alpha value is -3.33. The molecule has 77 heavy (non-hydrogen) atoms. The molecule has 0 spiro atoms. The maximum atomic E-state index is 11.1. The Morgan fingerprint density at radius 3 is 0.649 bits per heavy atom. The monoisotopic (exact) mass is 1110 g/mol. The van der Waals surface area contributed by atoms with Crippen molar-refractivity contribution in [1.29, 1.82) is 0 Å². The number of aromatic hydroxyl groups is 3. The van der Waals surface area contributed by atoms with E-state index in [1.54, 1.807) is 7.11 Å². The van der Waals surface area contributed by atoms with Gasteiger partial charge in [0.15, 0.2) is 0 Å². The molecular weight excluding hydrogens is 989 g/mol. The van der Waals surface area contributed by atoms with E-state index in [1.807, 2.05) is 6.92 Å². The maximum Gasteiger partial charge on any atom is 0.126 e. The van der Waals surface area contributed by atoms with Crippen LogP contribution < -0.4 is 4.74 Å². The Kier molecular flexibility index (Phi) is 30.8. The molecule has 0 atom stereocenters. The fourth-order valence-electron chi connectivity index (χ4n) is 8.81.